The quantitative estimate of drug-likeness (QED) is 0.140. The molecule has 0 radical (unpaired) electrons. The summed E-state index contributed by atoms with van der Waals surface area (Å²) in [5.41, 5.74) is -2.62. The molecule has 1 aliphatic carbocycles. The topological polar surface area (TPSA) is 0 Å². The largest absolute Gasteiger partial charge is 0.380 e. The highest BCUT2D eigenvalue weighted by atomic mass is 32.1. The molecule has 226 valence electrons. The van der Waals surface area contributed by atoms with Gasteiger partial charge in [0.05, 0.1) is 16.1 Å². The molecule has 4 aromatic heterocycles. The second-order valence-electron chi connectivity index (χ2n) is 12.9. The maximum atomic E-state index is 15.8. The van der Waals surface area contributed by atoms with Gasteiger partial charge in [0.2, 0.25) is 0 Å². The molecule has 0 saturated heterocycles. The summed E-state index contributed by atoms with van der Waals surface area (Å²) in [5.74, 6) is -15.7. The zero-order valence-corrected chi connectivity index (χ0v) is 30.1. The van der Waals surface area contributed by atoms with E-state index < -0.39 is 45.1 Å². The number of alkyl halides is 6. The van der Waals surface area contributed by atoms with E-state index >= 15 is 26.3 Å². The van der Waals surface area contributed by atoms with E-state index in [4.69, 9.17) is 0 Å². The molecule has 0 aliphatic heterocycles. The van der Waals surface area contributed by atoms with Crippen LogP contribution in [0.25, 0.3) is 30.7 Å². The highest BCUT2D eigenvalue weighted by Gasteiger charge is 2.80. The molecule has 0 atom stereocenters. The molecule has 1 aliphatic rings. The fourth-order valence-electron chi connectivity index (χ4n) is 5.26. The smallest absolute Gasteiger partial charge is 0.194 e. The summed E-state index contributed by atoms with van der Waals surface area (Å²) < 4.78 is 95.7. The number of aryl methyl sites for hydroxylation is 2. The Morgan fingerprint density at radius 1 is 0.571 bits per heavy atom. The van der Waals surface area contributed by atoms with Gasteiger partial charge in [0, 0.05) is 46.0 Å². The third-order valence-electron chi connectivity index (χ3n) is 7.58. The standard InChI is InChI=1S/C30H32F6S4Si2/c1-15-24(17(3)38-27(15)20-11-13-23(40-20)42(7,8)9)26-25(28(31,32)30(35,36)29(26,33)34)18-14-21(37-16(18)2)19-10-12-22(39-19)41(4,5)6/h10-14H,1-9H3. The van der Waals surface area contributed by atoms with Crippen LogP contribution in [-0.2, 0) is 0 Å². The van der Waals surface area contributed by atoms with Crippen molar-refractivity contribution in [1.29, 1.82) is 0 Å². The van der Waals surface area contributed by atoms with E-state index in [1.165, 1.54) is 44.7 Å². The number of rotatable bonds is 6. The molecule has 4 aromatic rings. The van der Waals surface area contributed by atoms with E-state index in [1.807, 2.05) is 24.3 Å². The Bertz CT molecular complexity index is 1720. The lowest BCUT2D eigenvalue weighted by Crippen LogP contribution is -2.49. The summed E-state index contributed by atoms with van der Waals surface area (Å²) in [4.78, 5) is 3.52. The van der Waals surface area contributed by atoms with Gasteiger partial charge in [-0.05, 0) is 59.1 Å². The van der Waals surface area contributed by atoms with Crippen molar-refractivity contribution in [3.05, 3.63) is 56.8 Å². The fourth-order valence-corrected chi connectivity index (χ4v) is 13.5. The molecule has 0 saturated carbocycles. The van der Waals surface area contributed by atoms with Gasteiger partial charge >= 0.3 is 17.8 Å². The predicted molar refractivity (Wildman–Crippen MR) is 177 cm³/mol. The lowest BCUT2D eigenvalue weighted by atomic mass is 9.92. The molecule has 12 heteroatoms. The molecule has 0 spiro atoms. The van der Waals surface area contributed by atoms with Crippen molar-refractivity contribution < 1.29 is 26.3 Å². The van der Waals surface area contributed by atoms with Crippen molar-refractivity contribution >= 4 is 81.6 Å². The summed E-state index contributed by atoms with van der Waals surface area (Å²) >= 11 is 5.45. The van der Waals surface area contributed by atoms with Gasteiger partial charge in [-0.3, -0.25) is 0 Å². The van der Waals surface area contributed by atoms with Crippen LogP contribution < -0.4 is 9.00 Å². The van der Waals surface area contributed by atoms with Crippen LogP contribution in [0.5, 0.6) is 0 Å². The lowest BCUT2D eigenvalue weighted by molar-refractivity contribution is -0.254. The first kappa shape index (κ1) is 32.0. The van der Waals surface area contributed by atoms with Crippen molar-refractivity contribution in [2.45, 2.75) is 77.8 Å². The van der Waals surface area contributed by atoms with Crippen LogP contribution >= 0.6 is 45.3 Å². The minimum Gasteiger partial charge on any atom is -0.194 e. The minimum atomic E-state index is -5.58. The predicted octanol–water partition coefficient (Wildman–Crippen LogP) is 11.1. The monoisotopic (exact) mass is 690 g/mol. The highest BCUT2D eigenvalue weighted by molar-refractivity contribution is 7.31. The number of hydrogen-bond acceptors (Lipinski definition) is 4. The van der Waals surface area contributed by atoms with Gasteiger partial charge in [0.15, 0.2) is 0 Å². The number of hydrogen-bond donors (Lipinski definition) is 0. The summed E-state index contributed by atoms with van der Waals surface area (Å²) in [6, 6.07) is 9.24. The Labute approximate surface area is 260 Å². The van der Waals surface area contributed by atoms with E-state index in [0.717, 1.165) is 9.75 Å². The fraction of sp³-hybridized carbons (Fsp3) is 0.400. The second kappa shape index (κ2) is 10.0. The van der Waals surface area contributed by atoms with Crippen LogP contribution in [0.2, 0.25) is 39.3 Å². The van der Waals surface area contributed by atoms with Crippen LogP contribution in [0.4, 0.5) is 26.3 Å². The van der Waals surface area contributed by atoms with E-state index in [2.05, 4.69) is 39.3 Å². The van der Waals surface area contributed by atoms with Crippen LogP contribution in [0, 0.1) is 20.8 Å². The molecule has 5 rings (SSSR count). The Morgan fingerprint density at radius 3 is 1.60 bits per heavy atom. The molecule has 0 aromatic carbocycles. The van der Waals surface area contributed by atoms with Gasteiger partial charge < -0.3 is 0 Å². The van der Waals surface area contributed by atoms with E-state index in [-0.39, 0.29) is 11.1 Å². The van der Waals surface area contributed by atoms with Gasteiger partial charge in [-0.1, -0.05) is 51.4 Å². The summed E-state index contributed by atoms with van der Waals surface area (Å²) in [6.07, 6.45) is 0. The normalized spacial score (nSPS) is 18.4. The Kier molecular flexibility index (Phi) is 7.63. The van der Waals surface area contributed by atoms with Crippen LogP contribution in [0.1, 0.15) is 26.4 Å². The van der Waals surface area contributed by atoms with Crippen LogP contribution in [0.15, 0.2) is 30.3 Å². The zero-order chi connectivity index (χ0) is 31.4. The number of allylic oxidation sites excluding steroid dienone is 2. The molecule has 0 fully saturated rings. The Morgan fingerprint density at radius 2 is 1.07 bits per heavy atom. The Balaban J connectivity index is 1.75. The van der Waals surface area contributed by atoms with E-state index in [9.17, 15) is 0 Å². The third kappa shape index (κ3) is 4.79. The van der Waals surface area contributed by atoms with Gasteiger partial charge in [-0.25, -0.2) is 0 Å². The van der Waals surface area contributed by atoms with Crippen molar-refractivity contribution in [2.24, 2.45) is 0 Å². The molecule has 42 heavy (non-hydrogen) atoms. The summed E-state index contributed by atoms with van der Waals surface area (Å²) in [7, 11) is -3.29. The van der Waals surface area contributed by atoms with Crippen molar-refractivity contribution in [1.82, 2.24) is 0 Å². The maximum Gasteiger partial charge on any atom is 0.380 e. The van der Waals surface area contributed by atoms with Gasteiger partial charge in [0.1, 0.15) is 0 Å². The summed E-state index contributed by atoms with van der Waals surface area (Å²) in [6.45, 7) is 17.8. The molecule has 0 nitrogen and oxygen atoms in total. The highest BCUT2D eigenvalue weighted by Crippen LogP contribution is 2.66. The molecule has 0 amide bonds. The van der Waals surface area contributed by atoms with Crippen molar-refractivity contribution in [3.63, 3.8) is 0 Å². The SMILES string of the molecule is Cc1sc(-c2ccc([Si](C)(C)C)s2)cc1C1=C(c2c(C)sc(-c3ccc([Si](C)(C)C)s3)c2C)C(F)(F)C(F)(F)C1(F)F. The molecule has 4 heterocycles. The van der Waals surface area contributed by atoms with Gasteiger partial charge in [0.25, 0.3) is 0 Å². The average molecular weight is 691 g/mol. The first-order chi connectivity index (χ1) is 19.1. The van der Waals surface area contributed by atoms with Crippen molar-refractivity contribution in [2.75, 3.05) is 0 Å². The lowest BCUT2D eigenvalue weighted by Gasteiger charge is -2.26. The van der Waals surface area contributed by atoms with Gasteiger partial charge in [-0.2, -0.15) is 26.3 Å². The van der Waals surface area contributed by atoms with Gasteiger partial charge in [-0.15, -0.1) is 45.3 Å². The first-order valence-corrected chi connectivity index (χ1v) is 23.7. The third-order valence-corrected chi connectivity index (χ3v) is 19.6. The second-order valence-corrected chi connectivity index (χ2v) is 28.3. The van der Waals surface area contributed by atoms with Crippen molar-refractivity contribution in [3.8, 4) is 19.5 Å². The summed E-state index contributed by atoms with van der Waals surface area (Å²) in [5, 5.41) is 0. The average Bonchev–Trinajstić information content (AvgIpc) is 3.64. The Hall–Kier alpha value is -1.45. The molecular weight excluding hydrogens is 659 g/mol. The van der Waals surface area contributed by atoms with Crippen LogP contribution in [-0.4, -0.2) is 33.9 Å². The molecular formula is C30H32F6S4Si2. The number of halogens is 6. The minimum absolute atomic E-state index is 0.195. The molecule has 0 unspecified atom stereocenters. The first-order valence-electron chi connectivity index (χ1n) is 13.4. The zero-order valence-electron chi connectivity index (χ0n) is 24.8. The van der Waals surface area contributed by atoms with Crippen LogP contribution in [0.3, 0.4) is 0 Å². The maximum absolute atomic E-state index is 15.8. The van der Waals surface area contributed by atoms with E-state index in [0.29, 0.717) is 25.1 Å². The van der Waals surface area contributed by atoms with E-state index in [1.54, 1.807) is 36.5 Å². The molecule has 0 bridgehead atoms. The number of thiophene rings is 4. The molecule has 0 N–H and O–H groups in total.